The van der Waals surface area contributed by atoms with E-state index in [-0.39, 0.29) is 21.4 Å². The first-order valence-corrected chi connectivity index (χ1v) is 6.16. The van der Waals surface area contributed by atoms with E-state index in [4.69, 9.17) is 28.9 Å². The zero-order valence-electron chi connectivity index (χ0n) is 7.21. The van der Waals surface area contributed by atoms with Crippen LogP contribution >= 0.6 is 23.2 Å². The van der Waals surface area contributed by atoms with E-state index >= 15 is 0 Å². The highest BCUT2D eigenvalue weighted by molar-refractivity contribution is 7.92. The van der Waals surface area contributed by atoms with Crippen molar-refractivity contribution in [3.05, 3.63) is 22.2 Å². The van der Waals surface area contributed by atoms with Gasteiger partial charge in [-0.05, 0) is 12.1 Å². The van der Waals surface area contributed by atoms with E-state index in [9.17, 15) is 8.42 Å². The number of rotatable bonds is 2. The lowest BCUT2D eigenvalue weighted by atomic mass is 10.3. The SMILES string of the molecule is CS(=O)(=O)Nc1cc(Cl)c(Cl)cc1N. The Bertz CT molecular complexity index is 459. The molecule has 1 aromatic carbocycles. The largest absolute Gasteiger partial charge is 0.397 e. The van der Waals surface area contributed by atoms with Crippen molar-refractivity contribution in [3.8, 4) is 0 Å². The summed E-state index contributed by atoms with van der Waals surface area (Å²) in [6.45, 7) is 0. The molecule has 0 atom stereocenters. The minimum absolute atomic E-state index is 0.224. The predicted octanol–water partition coefficient (Wildman–Crippen LogP) is 1.95. The van der Waals surface area contributed by atoms with Crippen LogP contribution in [-0.4, -0.2) is 14.7 Å². The van der Waals surface area contributed by atoms with Crippen molar-refractivity contribution in [2.45, 2.75) is 0 Å². The molecule has 4 nitrogen and oxygen atoms in total. The molecule has 1 aromatic rings. The highest BCUT2D eigenvalue weighted by atomic mass is 35.5. The van der Waals surface area contributed by atoms with Crippen LogP contribution in [-0.2, 0) is 10.0 Å². The highest BCUT2D eigenvalue weighted by Crippen LogP contribution is 2.30. The number of halogens is 2. The molecular formula is C7H8Cl2N2O2S. The van der Waals surface area contributed by atoms with E-state index in [1.165, 1.54) is 12.1 Å². The van der Waals surface area contributed by atoms with Crippen LogP contribution in [0, 0.1) is 0 Å². The molecule has 0 aliphatic rings. The number of anilines is 2. The zero-order chi connectivity index (χ0) is 10.9. The van der Waals surface area contributed by atoms with Crippen molar-refractivity contribution < 1.29 is 8.42 Å². The van der Waals surface area contributed by atoms with E-state index in [2.05, 4.69) is 4.72 Å². The first kappa shape index (κ1) is 11.4. The third-order valence-electron chi connectivity index (χ3n) is 1.39. The van der Waals surface area contributed by atoms with Crippen LogP contribution in [0.3, 0.4) is 0 Å². The summed E-state index contributed by atoms with van der Waals surface area (Å²) in [4.78, 5) is 0. The smallest absolute Gasteiger partial charge is 0.229 e. The second-order valence-corrected chi connectivity index (χ2v) is 5.29. The van der Waals surface area contributed by atoms with Gasteiger partial charge in [0.2, 0.25) is 10.0 Å². The molecule has 1 rings (SSSR count). The van der Waals surface area contributed by atoms with Gasteiger partial charge in [0.25, 0.3) is 0 Å². The molecule has 0 heterocycles. The number of nitrogens with two attached hydrogens (primary N) is 1. The summed E-state index contributed by atoms with van der Waals surface area (Å²) in [5.74, 6) is 0. The highest BCUT2D eigenvalue weighted by Gasteiger charge is 2.08. The van der Waals surface area contributed by atoms with Gasteiger partial charge in [0.15, 0.2) is 0 Å². The van der Waals surface area contributed by atoms with Crippen molar-refractivity contribution in [2.75, 3.05) is 16.7 Å². The van der Waals surface area contributed by atoms with Gasteiger partial charge in [-0.2, -0.15) is 0 Å². The Hall–Kier alpha value is -0.650. The maximum atomic E-state index is 10.9. The Labute approximate surface area is 92.1 Å². The summed E-state index contributed by atoms with van der Waals surface area (Å²) < 4.78 is 24.0. The average Bonchev–Trinajstić information content (AvgIpc) is 1.97. The van der Waals surface area contributed by atoms with E-state index < -0.39 is 10.0 Å². The normalized spacial score (nSPS) is 11.4. The minimum atomic E-state index is -3.36. The second kappa shape index (κ2) is 3.84. The van der Waals surface area contributed by atoms with Gasteiger partial charge in [-0.25, -0.2) is 8.42 Å². The van der Waals surface area contributed by atoms with Gasteiger partial charge in [-0.3, -0.25) is 4.72 Å². The molecule has 0 spiro atoms. The van der Waals surface area contributed by atoms with Crippen molar-refractivity contribution in [3.63, 3.8) is 0 Å². The number of hydrogen-bond acceptors (Lipinski definition) is 3. The zero-order valence-corrected chi connectivity index (χ0v) is 9.54. The van der Waals surface area contributed by atoms with Gasteiger partial charge >= 0.3 is 0 Å². The van der Waals surface area contributed by atoms with Crippen molar-refractivity contribution in [2.24, 2.45) is 0 Å². The van der Waals surface area contributed by atoms with Crippen LogP contribution in [0.5, 0.6) is 0 Å². The Morgan fingerprint density at radius 3 is 2.29 bits per heavy atom. The third-order valence-corrected chi connectivity index (χ3v) is 2.70. The van der Waals surface area contributed by atoms with Crippen LogP contribution in [0.25, 0.3) is 0 Å². The molecule has 0 saturated heterocycles. The van der Waals surface area contributed by atoms with Crippen molar-refractivity contribution in [1.29, 1.82) is 0 Å². The molecule has 0 saturated carbocycles. The molecule has 0 radical (unpaired) electrons. The number of nitrogen functional groups attached to an aromatic ring is 1. The van der Waals surface area contributed by atoms with Crippen LogP contribution in [0.2, 0.25) is 10.0 Å². The average molecular weight is 255 g/mol. The van der Waals surface area contributed by atoms with Gasteiger partial charge < -0.3 is 5.73 Å². The lowest BCUT2D eigenvalue weighted by Gasteiger charge is -2.08. The molecule has 0 fully saturated rings. The summed E-state index contributed by atoms with van der Waals surface area (Å²) in [6, 6.07) is 2.75. The fourth-order valence-corrected chi connectivity index (χ4v) is 1.76. The molecule has 0 bridgehead atoms. The molecule has 3 N–H and O–H groups in total. The van der Waals surface area contributed by atoms with Gasteiger partial charge in [-0.1, -0.05) is 23.2 Å². The summed E-state index contributed by atoms with van der Waals surface area (Å²) in [7, 11) is -3.36. The number of benzene rings is 1. The number of nitrogens with one attached hydrogen (secondary N) is 1. The standard InChI is InChI=1S/C7H8Cl2N2O2S/c1-14(12,13)11-7-3-5(9)4(8)2-6(7)10/h2-3,11H,10H2,1H3. The molecule has 14 heavy (non-hydrogen) atoms. The topological polar surface area (TPSA) is 72.2 Å². The molecule has 0 aliphatic heterocycles. The Kier molecular flexibility index (Phi) is 3.14. The lowest BCUT2D eigenvalue weighted by molar-refractivity contribution is 0.607. The fourth-order valence-electron chi connectivity index (χ4n) is 0.850. The summed E-state index contributed by atoms with van der Waals surface area (Å²) >= 11 is 11.4. The maximum absolute atomic E-state index is 10.9. The van der Waals surface area contributed by atoms with Gasteiger partial charge in [0.1, 0.15) is 0 Å². The van der Waals surface area contributed by atoms with Crippen molar-refractivity contribution >= 4 is 44.6 Å². The Morgan fingerprint density at radius 2 is 1.79 bits per heavy atom. The van der Waals surface area contributed by atoms with Gasteiger partial charge in [-0.15, -0.1) is 0 Å². The van der Waals surface area contributed by atoms with Crippen LogP contribution < -0.4 is 10.5 Å². The summed E-state index contributed by atoms with van der Waals surface area (Å²) in [5.41, 5.74) is 5.98. The van der Waals surface area contributed by atoms with Gasteiger partial charge in [0, 0.05) is 0 Å². The molecule has 0 aromatic heterocycles. The van der Waals surface area contributed by atoms with E-state index in [0.717, 1.165) is 6.26 Å². The Balaban J connectivity index is 3.17. The first-order chi connectivity index (χ1) is 6.29. The summed E-state index contributed by atoms with van der Waals surface area (Å²) in [6.07, 6.45) is 1.02. The molecule has 0 aliphatic carbocycles. The maximum Gasteiger partial charge on any atom is 0.229 e. The van der Waals surface area contributed by atoms with Gasteiger partial charge in [0.05, 0.1) is 27.7 Å². The monoisotopic (exact) mass is 254 g/mol. The van der Waals surface area contributed by atoms with Crippen LogP contribution in [0.15, 0.2) is 12.1 Å². The quantitative estimate of drug-likeness (QED) is 0.793. The first-order valence-electron chi connectivity index (χ1n) is 3.52. The number of hydrogen-bond donors (Lipinski definition) is 2. The van der Waals surface area contributed by atoms with E-state index in [1.807, 2.05) is 0 Å². The minimum Gasteiger partial charge on any atom is -0.397 e. The van der Waals surface area contributed by atoms with E-state index in [1.54, 1.807) is 0 Å². The third kappa shape index (κ3) is 2.94. The van der Waals surface area contributed by atoms with Crippen LogP contribution in [0.1, 0.15) is 0 Å². The predicted molar refractivity (Wildman–Crippen MR) is 59.3 cm³/mol. The number of sulfonamides is 1. The molecule has 0 unspecified atom stereocenters. The second-order valence-electron chi connectivity index (χ2n) is 2.73. The summed E-state index contributed by atoms with van der Waals surface area (Å²) in [5, 5.41) is 0.523. The van der Waals surface area contributed by atoms with Crippen LogP contribution in [0.4, 0.5) is 11.4 Å². The molecule has 7 heteroatoms. The Morgan fingerprint density at radius 1 is 1.29 bits per heavy atom. The van der Waals surface area contributed by atoms with Crippen molar-refractivity contribution in [1.82, 2.24) is 0 Å². The molecule has 0 amide bonds. The lowest BCUT2D eigenvalue weighted by Crippen LogP contribution is -2.11. The molecular weight excluding hydrogens is 247 g/mol. The van der Waals surface area contributed by atoms with E-state index in [0.29, 0.717) is 0 Å². The fraction of sp³-hybridized carbons (Fsp3) is 0.143. The molecule has 78 valence electrons.